The number of carbonyl (C=O) groups is 2. The molecule has 1 heterocycles. The van der Waals surface area contributed by atoms with E-state index in [0.29, 0.717) is 42.4 Å². The van der Waals surface area contributed by atoms with E-state index >= 15 is 0 Å². The minimum atomic E-state index is -0.176. The summed E-state index contributed by atoms with van der Waals surface area (Å²) in [6.45, 7) is 9.05. The van der Waals surface area contributed by atoms with Gasteiger partial charge < -0.3 is 15.4 Å². The number of anilines is 1. The van der Waals surface area contributed by atoms with Crippen molar-refractivity contribution < 1.29 is 14.3 Å². The van der Waals surface area contributed by atoms with Crippen molar-refractivity contribution in [2.45, 2.75) is 34.1 Å². The van der Waals surface area contributed by atoms with Crippen molar-refractivity contribution in [1.82, 2.24) is 5.32 Å². The summed E-state index contributed by atoms with van der Waals surface area (Å²) < 4.78 is 5.60. The normalized spacial score (nSPS) is 15.3. The van der Waals surface area contributed by atoms with Crippen molar-refractivity contribution in [3.8, 4) is 0 Å². The third-order valence-corrected chi connectivity index (χ3v) is 3.62. The molecule has 5 heteroatoms. The Bertz CT molecular complexity index is 648. The lowest BCUT2D eigenvalue weighted by molar-refractivity contribution is -0.111. The summed E-state index contributed by atoms with van der Waals surface area (Å²) in [7, 11) is 0. The molecular formula is C18H24N2O3. The molecule has 23 heavy (non-hydrogen) atoms. The zero-order valence-electron chi connectivity index (χ0n) is 14.2. The average Bonchev–Trinajstić information content (AvgIpc) is 2.85. The maximum Gasteiger partial charge on any atom is 0.259 e. The predicted octanol–water partition coefficient (Wildman–Crippen LogP) is 3.18. The van der Waals surface area contributed by atoms with Crippen LogP contribution in [0, 0.1) is 5.92 Å². The van der Waals surface area contributed by atoms with Crippen molar-refractivity contribution >= 4 is 23.1 Å². The van der Waals surface area contributed by atoms with E-state index < -0.39 is 0 Å². The van der Waals surface area contributed by atoms with Crippen molar-refractivity contribution in [3.05, 3.63) is 35.1 Å². The van der Waals surface area contributed by atoms with Gasteiger partial charge in [0.05, 0.1) is 12.2 Å². The third-order valence-electron chi connectivity index (χ3n) is 3.62. The first-order chi connectivity index (χ1) is 11.0. The number of nitrogens with one attached hydrogen (secondary N) is 2. The molecule has 0 unspecified atom stereocenters. The van der Waals surface area contributed by atoms with E-state index in [2.05, 4.69) is 10.6 Å². The number of rotatable bonds is 6. The Kier molecular flexibility index (Phi) is 5.42. The van der Waals surface area contributed by atoms with Gasteiger partial charge in [0, 0.05) is 29.8 Å². The van der Waals surface area contributed by atoms with Crippen LogP contribution in [0.25, 0.3) is 5.57 Å². The molecule has 0 aliphatic carbocycles. The zero-order valence-corrected chi connectivity index (χ0v) is 14.2. The van der Waals surface area contributed by atoms with Crippen LogP contribution >= 0.6 is 0 Å². The highest BCUT2D eigenvalue weighted by atomic mass is 16.5. The molecule has 0 saturated heterocycles. The van der Waals surface area contributed by atoms with Crippen LogP contribution in [0.3, 0.4) is 0 Å². The minimum absolute atomic E-state index is 0.130. The van der Waals surface area contributed by atoms with Gasteiger partial charge in [0.25, 0.3) is 11.8 Å². The zero-order chi connectivity index (χ0) is 17.0. The van der Waals surface area contributed by atoms with Crippen LogP contribution in [-0.4, -0.2) is 25.0 Å². The monoisotopic (exact) mass is 316 g/mol. The summed E-state index contributed by atoms with van der Waals surface area (Å²) in [5, 5.41) is 5.72. The second-order valence-corrected chi connectivity index (χ2v) is 5.90. The molecule has 0 bridgehead atoms. The van der Waals surface area contributed by atoms with Crippen LogP contribution < -0.4 is 10.6 Å². The Labute approximate surface area is 137 Å². The summed E-state index contributed by atoms with van der Waals surface area (Å²) in [5.74, 6) is 0.736. The first-order valence-corrected chi connectivity index (χ1v) is 8.07. The van der Waals surface area contributed by atoms with E-state index in [1.807, 2.05) is 27.7 Å². The number of hydrogen-bond donors (Lipinski definition) is 2. The van der Waals surface area contributed by atoms with E-state index in [0.717, 1.165) is 11.3 Å². The highest BCUT2D eigenvalue weighted by Crippen LogP contribution is 2.35. The SMILES string of the molecule is CCO/C(CC)=C1\C(=O)Nc2ccc(C(=O)NCC(C)C)cc21. The number of hydrogen-bond acceptors (Lipinski definition) is 3. The van der Waals surface area contributed by atoms with E-state index in [4.69, 9.17) is 4.74 Å². The van der Waals surface area contributed by atoms with Gasteiger partial charge in [0.1, 0.15) is 5.76 Å². The maximum absolute atomic E-state index is 12.3. The number of ether oxygens (including phenoxy) is 1. The topological polar surface area (TPSA) is 67.4 Å². The van der Waals surface area contributed by atoms with Gasteiger partial charge in [0.2, 0.25) is 0 Å². The molecule has 0 aromatic heterocycles. The molecule has 0 spiro atoms. The van der Waals surface area contributed by atoms with Gasteiger partial charge in [-0.2, -0.15) is 0 Å². The highest BCUT2D eigenvalue weighted by molar-refractivity contribution is 6.32. The molecule has 2 N–H and O–H groups in total. The molecule has 1 aliphatic heterocycles. The lowest BCUT2D eigenvalue weighted by atomic mass is 10.0. The molecule has 1 aliphatic rings. The van der Waals surface area contributed by atoms with Crippen LogP contribution in [0.5, 0.6) is 0 Å². The molecule has 5 nitrogen and oxygen atoms in total. The molecule has 1 aromatic carbocycles. The number of benzene rings is 1. The Hall–Kier alpha value is -2.30. The fourth-order valence-electron chi connectivity index (χ4n) is 2.51. The summed E-state index contributed by atoms with van der Waals surface area (Å²) in [5.41, 5.74) is 2.53. The van der Waals surface area contributed by atoms with Crippen molar-refractivity contribution in [2.75, 3.05) is 18.5 Å². The number of amides is 2. The Morgan fingerprint density at radius 3 is 2.65 bits per heavy atom. The van der Waals surface area contributed by atoms with Gasteiger partial charge >= 0.3 is 0 Å². The summed E-state index contributed by atoms with van der Waals surface area (Å²) in [4.78, 5) is 24.5. The van der Waals surface area contributed by atoms with Crippen LogP contribution in [0.15, 0.2) is 24.0 Å². The van der Waals surface area contributed by atoms with Gasteiger partial charge in [0.15, 0.2) is 0 Å². The molecule has 0 atom stereocenters. The van der Waals surface area contributed by atoms with Crippen LogP contribution in [-0.2, 0) is 9.53 Å². The van der Waals surface area contributed by atoms with Crippen molar-refractivity contribution in [2.24, 2.45) is 5.92 Å². The minimum Gasteiger partial charge on any atom is -0.497 e. The molecule has 2 amide bonds. The largest absolute Gasteiger partial charge is 0.497 e. The quantitative estimate of drug-likeness (QED) is 0.625. The fraction of sp³-hybridized carbons (Fsp3) is 0.444. The maximum atomic E-state index is 12.3. The fourth-order valence-corrected chi connectivity index (χ4v) is 2.51. The number of carbonyl (C=O) groups excluding carboxylic acids is 2. The van der Waals surface area contributed by atoms with E-state index in [1.54, 1.807) is 18.2 Å². The Balaban J connectivity index is 2.37. The van der Waals surface area contributed by atoms with Crippen molar-refractivity contribution in [3.63, 3.8) is 0 Å². The van der Waals surface area contributed by atoms with Gasteiger partial charge in [-0.25, -0.2) is 0 Å². The first-order valence-electron chi connectivity index (χ1n) is 8.07. The third kappa shape index (κ3) is 3.73. The second kappa shape index (κ2) is 7.31. The van der Waals surface area contributed by atoms with Gasteiger partial charge in [-0.05, 0) is 31.0 Å². The number of allylic oxidation sites excluding steroid dienone is 1. The van der Waals surface area contributed by atoms with Gasteiger partial charge in [-0.15, -0.1) is 0 Å². The summed E-state index contributed by atoms with van der Waals surface area (Å²) in [6.07, 6.45) is 0.625. The van der Waals surface area contributed by atoms with Gasteiger partial charge in [-0.1, -0.05) is 20.8 Å². The molecule has 1 aromatic rings. The lowest BCUT2D eigenvalue weighted by Crippen LogP contribution is -2.27. The molecule has 0 saturated carbocycles. The number of fused-ring (bicyclic) bond motifs is 1. The molecule has 2 rings (SSSR count). The van der Waals surface area contributed by atoms with E-state index in [-0.39, 0.29) is 11.8 Å². The lowest BCUT2D eigenvalue weighted by Gasteiger charge is -2.11. The summed E-state index contributed by atoms with van der Waals surface area (Å²) >= 11 is 0. The van der Waals surface area contributed by atoms with Crippen LogP contribution in [0.2, 0.25) is 0 Å². The highest BCUT2D eigenvalue weighted by Gasteiger charge is 2.28. The molecule has 0 radical (unpaired) electrons. The van der Waals surface area contributed by atoms with Crippen LogP contribution in [0.1, 0.15) is 50.0 Å². The average molecular weight is 316 g/mol. The second-order valence-electron chi connectivity index (χ2n) is 5.90. The van der Waals surface area contributed by atoms with Gasteiger partial charge in [-0.3, -0.25) is 9.59 Å². The summed E-state index contributed by atoms with van der Waals surface area (Å²) in [6, 6.07) is 5.25. The molecule has 124 valence electrons. The van der Waals surface area contributed by atoms with E-state index in [9.17, 15) is 9.59 Å². The van der Waals surface area contributed by atoms with Crippen molar-refractivity contribution in [1.29, 1.82) is 0 Å². The standard InChI is InChI=1S/C18H24N2O3/c1-5-15(23-6-2)16-13-9-12(17(21)19-10-11(3)4)7-8-14(13)20-18(16)22/h7-9,11H,5-6,10H2,1-4H3,(H,19,21)(H,20,22)/b16-15-. The molecule has 0 fully saturated rings. The molecular weight excluding hydrogens is 292 g/mol. The van der Waals surface area contributed by atoms with E-state index in [1.165, 1.54) is 0 Å². The Morgan fingerprint density at radius 1 is 1.30 bits per heavy atom. The Morgan fingerprint density at radius 2 is 2.04 bits per heavy atom. The predicted molar refractivity (Wildman–Crippen MR) is 91.1 cm³/mol. The van der Waals surface area contributed by atoms with Crippen LogP contribution in [0.4, 0.5) is 5.69 Å². The smallest absolute Gasteiger partial charge is 0.259 e. The first kappa shape index (κ1) is 17.1.